The number of pyridine rings is 1. The Labute approximate surface area is 179 Å². The molecule has 5 aromatic carbocycles. The number of anilines is 2. The van der Waals surface area contributed by atoms with Crippen LogP contribution in [0.15, 0.2) is 103 Å². The molecule has 0 atom stereocenters. The molecule has 6 aromatic rings. The van der Waals surface area contributed by atoms with Crippen LogP contribution in [0.3, 0.4) is 0 Å². The molecule has 7 rings (SSSR count). The molecule has 0 fully saturated rings. The Bertz CT molecular complexity index is 1650. The summed E-state index contributed by atoms with van der Waals surface area (Å²) in [4.78, 5) is 5.18. The molecule has 0 saturated heterocycles. The van der Waals surface area contributed by atoms with Gasteiger partial charge in [-0.05, 0) is 28.5 Å². The van der Waals surface area contributed by atoms with Gasteiger partial charge in [0.1, 0.15) is 0 Å². The summed E-state index contributed by atoms with van der Waals surface area (Å²) in [5.74, 6) is 0. The predicted molar refractivity (Wildman–Crippen MR) is 131 cm³/mol. The van der Waals surface area contributed by atoms with E-state index in [4.69, 9.17) is 4.98 Å². The zero-order chi connectivity index (χ0) is 20.4. The molecule has 0 unspecified atom stereocenters. The van der Waals surface area contributed by atoms with E-state index in [1.807, 2.05) is 0 Å². The zero-order valence-electron chi connectivity index (χ0n) is 16.8. The second-order valence-electron chi connectivity index (χ2n) is 8.06. The Kier molecular flexibility index (Phi) is 3.30. The van der Waals surface area contributed by atoms with E-state index in [2.05, 4.69) is 108 Å². The quantitative estimate of drug-likeness (QED) is 0.286. The summed E-state index contributed by atoms with van der Waals surface area (Å²) in [5, 5.41) is 9.98. The molecule has 2 heteroatoms. The van der Waals surface area contributed by atoms with Gasteiger partial charge in [-0.1, -0.05) is 91.0 Å². The van der Waals surface area contributed by atoms with Crippen LogP contribution in [-0.2, 0) is 0 Å². The average molecular weight is 394 g/mol. The van der Waals surface area contributed by atoms with Gasteiger partial charge in [0.05, 0.1) is 16.9 Å². The summed E-state index contributed by atoms with van der Waals surface area (Å²) in [5.41, 5.74) is 7.93. The molecule has 31 heavy (non-hydrogen) atoms. The monoisotopic (exact) mass is 394 g/mol. The Hall–Kier alpha value is -4.17. The first kappa shape index (κ1) is 16.6. The summed E-state index contributed by atoms with van der Waals surface area (Å²) in [7, 11) is 0. The molecule has 0 aliphatic carbocycles. The molecule has 144 valence electrons. The molecule has 1 aromatic heterocycles. The van der Waals surface area contributed by atoms with Gasteiger partial charge in [-0.3, -0.25) is 0 Å². The summed E-state index contributed by atoms with van der Waals surface area (Å²) < 4.78 is 0. The highest BCUT2D eigenvalue weighted by atomic mass is 14.9. The lowest BCUT2D eigenvalue weighted by molar-refractivity contribution is 1.40. The lowest BCUT2D eigenvalue weighted by Gasteiger charge is -2.27. The van der Waals surface area contributed by atoms with E-state index in [1.165, 1.54) is 38.1 Å². The molecule has 2 nitrogen and oxygen atoms in total. The van der Waals surface area contributed by atoms with E-state index < -0.39 is 0 Å². The molecule has 1 N–H and O–H groups in total. The number of rotatable bonds is 1. The second-order valence-corrected chi connectivity index (χ2v) is 8.06. The van der Waals surface area contributed by atoms with Crippen molar-refractivity contribution in [2.75, 3.05) is 5.32 Å². The largest absolute Gasteiger partial charge is 0.354 e. The van der Waals surface area contributed by atoms with Crippen LogP contribution in [0.1, 0.15) is 0 Å². The Morgan fingerprint density at radius 2 is 1.23 bits per heavy atom. The fourth-order valence-corrected chi connectivity index (χ4v) is 5.07. The number of hydrogen-bond donors (Lipinski definition) is 1. The smallest absolute Gasteiger partial charge is 0.0830 e. The summed E-state index contributed by atoms with van der Waals surface area (Å²) in [6.45, 7) is 0. The molecule has 0 bridgehead atoms. The van der Waals surface area contributed by atoms with Crippen LogP contribution in [0.25, 0.3) is 54.8 Å². The van der Waals surface area contributed by atoms with Crippen molar-refractivity contribution in [3.05, 3.63) is 103 Å². The van der Waals surface area contributed by atoms with Crippen LogP contribution < -0.4 is 5.32 Å². The third-order valence-electron chi connectivity index (χ3n) is 6.36. The van der Waals surface area contributed by atoms with Crippen molar-refractivity contribution in [3.63, 3.8) is 0 Å². The summed E-state index contributed by atoms with van der Waals surface area (Å²) in [6.07, 6.45) is 0. The minimum absolute atomic E-state index is 1.03. The van der Waals surface area contributed by atoms with Gasteiger partial charge in [0.25, 0.3) is 0 Å². The number of benzene rings is 5. The maximum absolute atomic E-state index is 5.18. The van der Waals surface area contributed by atoms with Crippen LogP contribution in [0.2, 0.25) is 0 Å². The molecule has 0 radical (unpaired) electrons. The number of hydrogen-bond acceptors (Lipinski definition) is 2. The molecule has 1 aliphatic rings. The molecule has 0 amide bonds. The Morgan fingerprint density at radius 1 is 0.548 bits per heavy atom. The van der Waals surface area contributed by atoms with E-state index in [9.17, 15) is 0 Å². The van der Waals surface area contributed by atoms with Crippen molar-refractivity contribution in [2.45, 2.75) is 0 Å². The van der Waals surface area contributed by atoms with Gasteiger partial charge in [-0.2, -0.15) is 0 Å². The number of aromatic nitrogens is 1. The molecular formula is C29H18N2. The molecule has 2 heterocycles. The maximum Gasteiger partial charge on any atom is 0.0830 e. The number of nitrogens with zero attached hydrogens (tertiary/aromatic N) is 1. The standard InChI is InChI=1S/C29H18N2/c1-2-10-18(11-3-1)25-19-12-4-5-13-20(19)26-21-14-6-8-16-23(21)30-28-22-15-7-9-17-24(22)31-29(25)27(26)28/h1-17,31H. The van der Waals surface area contributed by atoms with Crippen molar-refractivity contribution in [3.8, 4) is 22.4 Å². The van der Waals surface area contributed by atoms with Gasteiger partial charge in [0.15, 0.2) is 0 Å². The van der Waals surface area contributed by atoms with Crippen molar-refractivity contribution in [1.82, 2.24) is 4.98 Å². The predicted octanol–water partition coefficient (Wildman–Crippen LogP) is 7.93. The molecule has 0 saturated carbocycles. The topological polar surface area (TPSA) is 24.9 Å². The normalized spacial score (nSPS) is 12.1. The van der Waals surface area contributed by atoms with Gasteiger partial charge in [0, 0.05) is 33.0 Å². The van der Waals surface area contributed by atoms with Gasteiger partial charge >= 0.3 is 0 Å². The molecular weight excluding hydrogens is 376 g/mol. The van der Waals surface area contributed by atoms with Crippen molar-refractivity contribution in [1.29, 1.82) is 0 Å². The first-order chi connectivity index (χ1) is 15.4. The third kappa shape index (κ3) is 2.25. The van der Waals surface area contributed by atoms with Crippen LogP contribution >= 0.6 is 0 Å². The van der Waals surface area contributed by atoms with Crippen LogP contribution in [0.4, 0.5) is 11.4 Å². The van der Waals surface area contributed by atoms with E-state index in [0.717, 1.165) is 28.1 Å². The van der Waals surface area contributed by atoms with Gasteiger partial charge in [0.2, 0.25) is 0 Å². The highest BCUT2D eigenvalue weighted by Crippen LogP contribution is 2.52. The van der Waals surface area contributed by atoms with E-state index in [-0.39, 0.29) is 0 Å². The molecule has 0 spiro atoms. The van der Waals surface area contributed by atoms with Crippen LogP contribution in [-0.4, -0.2) is 4.98 Å². The Morgan fingerprint density at radius 3 is 2.10 bits per heavy atom. The SMILES string of the molecule is c1ccc(-c2c3c4c(nc5ccccc5c4c4ccccc24)-c2ccccc2N3)cc1. The number of fused-ring (bicyclic) bond motifs is 6. The van der Waals surface area contributed by atoms with Crippen molar-refractivity contribution >= 4 is 43.8 Å². The number of nitrogens with one attached hydrogen (secondary N) is 1. The Balaban J connectivity index is 1.81. The number of para-hydroxylation sites is 2. The van der Waals surface area contributed by atoms with Crippen LogP contribution in [0.5, 0.6) is 0 Å². The first-order valence-electron chi connectivity index (χ1n) is 10.6. The highest BCUT2D eigenvalue weighted by molar-refractivity contribution is 6.32. The maximum atomic E-state index is 5.18. The second kappa shape index (κ2) is 6.16. The minimum Gasteiger partial charge on any atom is -0.354 e. The highest BCUT2D eigenvalue weighted by Gasteiger charge is 2.26. The average Bonchev–Trinajstić information content (AvgIpc) is 2.84. The summed E-state index contributed by atoms with van der Waals surface area (Å²) >= 11 is 0. The van der Waals surface area contributed by atoms with Gasteiger partial charge < -0.3 is 5.32 Å². The minimum atomic E-state index is 1.03. The summed E-state index contributed by atoms with van der Waals surface area (Å²) in [6, 6.07) is 36.4. The van der Waals surface area contributed by atoms with E-state index in [0.29, 0.717) is 0 Å². The zero-order valence-corrected chi connectivity index (χ0v) is 16.8. The van der Waals surface area contributed by atoms with Gasteiger partial charge in [-0.15, -0.1) is 0 Å². The first-order valence-corrected chi connectivity index (χ1v) is 10.6. The third-order valence-corrected chi connectivity index (χ3v) is 6.36. The molecule has 1 aliphatic heterocycles. The van der Waals surface area contributed by atoms with Crippen LogP contribution in [0, 0.1) is 0 Å². The van der Waals surface area contributed by atoms with E-state index in [1.54, 1.807) is 0 Å². The fraction of sp³-hybridized carbons (Fsp3) is 0. The lowest BCUT2D eigenvalue weighted by Crippen LogP contribution is -2.05. The van der Waals surface area contributed by atoms with Crippen molar-refractivity contribution in [2.24, 2.45) is 0 Å². The van der Waals surface area contributed by atoms with E-state index >= 15 is 0 Å². The fourth-order valence-electron chi connectivity index (χ4n) is 5.07. The van der Waals surface area contributed by atoms with Gasteiger partial charge in [-0.25, -0.2) is 4.98 Å². The lowest BCUT2D eigenvalue weighted by atomic mass is 9.86. The van der Waals surface area contributed by atoms with Crippen molar-refractivity contribution < 1.29 is 0 Å².